The van der Waals surface area contributed by atoms with Gasteiger partial charge in [0.15, 0.2) is 0 Å². The number of para-hydroxylation sites is 1. The van der Waals surface area contributed by atoms with Crippen molar-refractivity contribution in [3.8, 4) is 5.75 Å². The first kappa shape index (κ1) is 8.64. The second-order valence-electron chi connectivity index (χ2n) is 1.52. The summed E-state index contributed by atoms with van der Waals surface area (Å²) in [5, 5.41) is 0. The number of ether oxygens (including phenoxy) is 1. The Hall–Kier alpha value is -0.357. The molecule has 1 rings (SSSR count). The molecule has 0 atom stereocenters. The maximum atomic E-state index is 4.91. The van der Waals surface area contributed by atoms with Crippen molar-refractivity contribution >= 4 is 0 Å². The first-order chi connectivity index (χ1) is 3.93. The average molecular weight is 211 g/mol. The molecule has 1 aromatic rings. The summed E-state index contributed by atoms with van der Waals surface area (Å²) in [7, 11) is 1.66. The number of methoxy groups -OCH3 is 1. The molecule has 0 amide bonds. The molecule has 0 aliphatic heterocycles. The number of hydrogen-bond donors (Lipinski definition) is 0. The molecule has 0 saturated carbocycles. The SMILES string of the molecule is COc1ccccc1.[H-].[H-].[Ru+2]. The van der Waals surface area contributed by atoms with Gasteiger partial charge in [-0.2, -0.15) is 0 Å². The quantitative estimate of drug-likeness (QED) is 0.645. The summed E-state index contributed by atoms with van der Waals surface area (Å²) >= 11 is 0. The van der Waals surface area contributed by atoms with Gasteiger partial charge < -0.3 is 7.59 Å². The fourth-order valence-corrected chi connectivity index (χ4v) is 0.557. The molecule has 0 aliphatic rings. The molecule has 2 heteroatoms. The monoisotopic (exact) mass is 212 g/mol. The molecule has 0 unspecified atom stereocenters. The fourth-order valence-electron chi connectivity index (χ4n) is 0.557. The average Bonchev–Trinajstić information content (AvgIpc) is 1.90. The molecule has 0 heterocycles. The predicted octanol–water partition coefficient (Wildman–Crippen LogP) is 1.92. The van der Waals surface area contributed by atoms with Crippen LogP contribution in [0.25, 0.3) is 0 Å². The van der Waals surface area contributed by atoms with Crippen LogP contribution in [0.15, 0.2) is 30.3 Å². The fraction of sp³-hybridized carbons (Fsp3) is 0.143. The molecule has 1 nitrogen and oxygen atoms in total. The second kappa shape index (κ2) is 4.52. The minimum Gasteiger partial charge on any atom is -1.00 e. The first-order valence-corrected chi connectivity index (χ1v) is 2.52. The van der Waals surface area contributed by atoms with Crippen LogP contribution >= 0.6 is 0 Å². The van der Waals surface area contributed by atoms with Gasteiger partial charge in [-0.15, -0.1) is 0 Å². The van der Waals surface area contributed by atoms with Gasteiger partial charge in [0.1, 0.15) is 5.75 Å². The zero-order chi connectivity index (χ0) is 5.82. The minimum atomic E-state index is 0. The van der Waals surface area contributed by atoms with E-state index in [1.807, 2.05) is 30.3 Å². The van der Waals surface area contributed by atoms with Crippen LogP contribution in [-0.2, 0) is 19.5 Å². The molecule has 0 spiro atoms. The van der Waals surface area contributed by atoms with Gasteiger partial charge in [0.2, 0.25) is 0 Å². The van der Waals surface area contributed by atoms with E-state index >= 15 is 0 Å². The standard InChI is InChI=1S/C7H8O.Ru.2H/c1-8-7-5-3-2-4-6-7;;;/h2-6H,1H3;;;/q;+2;2*-1. The van der Waals surface area contributed by atoms with Crippen molar-refractivity contribution in [1.82, 2.24) is 0 Å². The number of hydrogen-bond acceptors (Lipinski definition) is 1. The van der Waals surface area contributed by atoms with Crippen LogP contribution < -0.4 is 4.74 Å². The van der Waals surface area contributed by atoms with Crippen molar-refractivity contribution in [1.29, 1.82) is 0 Å². The van der Waals surface area contributed by atoms with E-state index < -0.39 is 0 Å². The second-order valence-corrected chi connectivity index (χ2v) is 1.52. The van der Waals surface area contributed by atoms with Crippen LogP contribution in [0.3, 0.4) is 0 Å². The molecule has 0 N–H and O–H groups in total. The Labute approximate surface area is 70.8 Å². The number of rotatable bonds is 1. The summed E-state index contributed by atoms with van der Waals surface area (Å²) < 4.78 is 4.91. The summed E-state index contributed by atoms with van der Waals surface area (Å²) in [5.41, 5.74) is 0. The van der Waals surface area contributed by atoms with E-state index in [0.717, 1.165) is 5.75 Å². The summed E-state index contributed by atoms with van der Waals surface area (Å²) in [4.78, 5) is 0. The Kier molecular flexibility index (Phi) is 4.34. The van der Waals surface area contributed by atoms with Gasteiger partial charge in [-0.25, -0.2) is 0 Å². The van der Waals surface area contributed by atoms with Crippen molar-refractivity contribution in [2.75, 3.05) is 7.11 Å². The maximum Gasteiger partial charge on any atom is 2.00 e. The van der Waals surface area contributed by atoms with Gasteiger partial charge >= 0.3 is 19.5 Å². The summed E-state index contributed by atoms with van der Waals surface area (Å²) in [6, 6.07) is 9.68. The van der Waals surface area contributed by atoms with Gasteiger partial charge in [0.25, 0.3) is 0 Å². The van der Waals surface area contributed by atoms with Crippen LogP contribution in [0.4, 0.5) is 0 Å². The van der Waals surface area contributed by atoms with Crippen LogP contribution in [0.2, 0.25) is 0 Å². The van der Waals surface area contributed by atoms with Crippen molar-refractivity contribution in [3.05, 3.63) is 30.3 Å². The van der Waals surface area contributed by atoms with Crippen LogP contribution in [0.1, 0.15) is 2.85 Å². The van der Waals surface area contributed by atoms with Crippen LogP contribution in [-0.4, -0.2) is 7.11 Å². The molecule has 0 radical (unpaired) electrons. The third kappa shape index (κ3) is 2.62. The summed E-state index contributed by atoms with van der Waals surface area (Å²) in [5.74, 6) is 0.910. The molecule has 0 bridgehead atoms. The number of benzene rings is 1. The molecular formula is C7H10ORu. The Balaban J connectivity index is -0.000000213. The molecule has 9 heavy (non-hydrogen) atoms. The molecule has 0 aliphatic carbocycles. The topological polar surface area (TPSA) is 9.23 Å². The van der Waals surface area contributed by atoms with E-state index in [0.29, 0.717) is 0 Å². The van der Waals surface area contributed by atoms with Crippen LogP contribution in [0, 0.1) is 0 Å². The predicted molar refractivity (Wildman–Crippen MR) is 35.2 cm³/mol. The molecule has 0 fully saturated rings. The molecule has 52 valence electrons. The molecule has 1 aromatic carbocycles. The maximum absolute atomic E-state index is 4.91. The third-order valence-corrected chi connectivity index (χ3v) is 0.979. The Morgan fingerprint density at radius 1 is 1.22 bits per heavy atom. The van der Waals surface area contributed by atoms with Crippen molar-refractivity contribution in [2.45, 2.75) is 0 Å². The Bertz CT molecular complexity index is 158. The normalized spacial score (nSPS) is 7.67. The van der Waals surface area contributed by atoms with E-state index in [-0.39, 0.29) is 22.3 Å². The van der Waals surface area contributed by atoms with Crippen molar-refractivity contribution in [3.63, 3.8) is 0 Å². The Morgan fingerprint density at radius 3 is 2.11 bits per heavy atom. The van der Waals surface area contributed by atoms with E-state index in [1.54, 1.807) is 7.11 Å². The third-order valence-electron chi connectivity index (χ3n) is 0.979. The van der Waals surface area contributed by atoms with E-state index in [2.05, 4.69) is 0 Å². The van der Waals surface area contributed by atoms with Gasteiger partial charge in [0, 0.05) is 0 Å². The zero-order valence-corrected chi connectivity index (χ0v) is 6.89. The van der Waals surface area contributed by atoms with E-state index in [9.17, 15) is 0 Å². The molecular weight excluding hydrogens is 201 g/mol. The van der Waals surface area contributed by atoms with Gasteiger partial charge in [-0.05, 0) is 12.1 Å². The molecule has 0 aromatic heterocycles. The van der Waals surface area contributed by atoms with Gasteiger partial charge in [-0.3, -0.25) is 0 Å². The Morgan fingerprint density at radius 2 is 1.78 bits per heavy atom. The van der Waals surface area contributed by atoms with E-state index in [4.69, 9.17) is 4.74 Å². The van der Waals surface area contributed by atoms with Gasteiger partial charge in [0.05, 0.1) is 7.11 Å². The first-order valence-electron chi connectivity index (χ1n) is 2.52. The van der Waals surface area contributed by atoms with E-state index in [1.165, 1.54) is 0 Å². The van der Waals surface area contributed by atoms with Crippen LogP contribution in [0.5, 0.6) is 5.75 Å². The molecule has 0 saturated heterocycles. The summed E-state index contributed by atoms with van der Waals surface area (Å²) in [6.45, 7) is 0. The minimum absolute atomic E-state index is 0. The summed E-state index contributed by atoms with van der Waals surface area (Å²) in [6.07, 6.45) is 0. The van der Waals surface area contributed by atoms with Crippen molar-refractivity contribution in [2.24, 2.45) is 0 Å². The smallest absolute Gasteiger partial charge is 1.00 e. The zero-order valence-electron chi connectivity index (χ0n) is 7.15. The van der Waals surface area contributed by atoms with Crippen molar-refractivity contribution < 1.29 is 27.1 Å². The van der Waals surface area contributed by atoms with Gasteiger partial charge in [-0.1, -0.05) is 18.2 Å². The largest absolute Gasteiger partial charge is 2.00 e.